The summed E-state index contributed by atoms with van der Waals surface area (Å²) in [5.74, 6) is -2.78. The predicted molar refractivity (Wildman–Crippen MR) is 151 cm³/mol. The van der Waals surface area contributed by atoms with E-state index in [1.54, 1.807) is 25.1 Å². The number of ether oxygens (including phenoxy) is 2. The lowest BCUT2D eigenvalue weighted by molar-refractivity contribution is 0.0148. The number of carboxylic acid groups (broad SMARTS) is 1. The summed E-state index contributed by atoms with van der Waals surface area (Å²) in [6.07, 6.45) is -2.85. The maximum Gasteiger partial charge on any atom is 0.335 e. The highest BCUT2D eigenvalue weighted by atomic mass is 19.3. The Morgan fingerprint density at radius 3 is 2.48 bits per heavy atom. The van der Waals surface area contributed by atoms with Gasteiger partial charge in [-0.3, -0.25) is 0 Å². The molecule has 0 unspecified atom stereocenters. The van der Waals surface area contributed by atoms with Crippen LogP contribution in [-0.4, -0.2) is 45.3 Å². The molecule has 0 bridgehead atoms. The number of fused-ring (bicyclic) bond motifs is 1. The summed E-state index contributed by atoms with van der Waals surface area (Å²) < 4.78 is 82.2. The summed E-state index contributed by atoms with van der Waals surface area (Å²) in [6.45, 7) is 0.747. The third-order valence-electron chi connectivity index (χ3n) is 6.85. The monoisotopic (exact) mass is 611 g/mol. The zero-order valence-electron chi connectivity index (χ0n) is 23.4. The van der Waals surface area contributed by atoms with Crippen molar-refractivity contribution in [2.45, 2.75) is 32.9 Å². The molecule has 5 aromatic rings. The third-order valence-corrected chi connectivity index (χ3v) is 6.85. The Hall–Kier alpha value is -4.84. The molecule has 1 N–H and O–H groups in total. The number of carbonyl (C=O) groups is 1. The highest BCUT2D eigenvalue weighted by Crippen LogP contribution is 2.28. The van der Waals surface area contributed by atoms with Gasteiger partial charge in [-0.1, -0.05) is 18.2 Å². The Morgan fingerprint density at radius 2 is 1.73 bits per heavy atom. The number of rotatable bonds is 12. The van der Waals surface area contributed by atoms with E-state index in [4.69, 9.17) is 9.47 Å². The van der Waals surface area contributed by atoms with E-state index in [0.29, 0.717) is 16.6 Å². The first-order chi connectivity index (χ1) is 21.1. The molecule has 0 saturated carbocycles. The molecule has 0 aliphatic rings. The van der Waals surface area contributed by atoms with Crippen LogP contribution >= 0.6 is 0 Å². The van der Waals surface area contributed by atoms with Crippen LogP contribution in [-0.2, 0) is 24.3 Å². The van der Waals surface area contributed by atoms with Gasteiger partial charge in [0.15, 0.2) is 0 Å². The van der Waals surface area contributed by atoms with E-state index in [0.717, 1.165) is 17.7 Å². The quantitative estimate of drug-likeness (QED) is 0.121. The minimum absolute atomic E-state index is 0.0208. The van der Waals surface area contributed by atoms with Crippen LogP contribution in [0.3, 0.4) is 0 Å². The molecule has 44 heavy (non-hydrogen) atoms. The van der Waals surface area contributed by atoms with E-state index < -0.39 is 36.5 Å². The first kappa shape index (κ1) is 30.6. The van der Waals surface area contributed by atoms with Gasteiger partial charge in [-0.25, -0.2) is 36.7 Å². The predicted octanol–water partition coefficient (Wildman–Crippen LogP) is 6.97. The van der Waals surface area contributed by atoms with Crippen molar-refractivity contribution in [1.29, 1.82) is 0 Å². The van der Waals surface area contributed by atoms with Crippen molar-refractivity contribution in [3.05, 3.63) is 112 Å². The minimum atomic E-state index is -2.67. The molecule has 0 aliphatic carbocycles. The molecular formula is C32H26F5N3O4. The van der Waals surface area contributed by atoms with E-state index in [2.05, 4.69) is 9.97 Å². The number of benzene rings is 3. The summed E-state index contributed by atoms with van der Waals surface area (Å²) in [5.41, 5.74) is 1.75. The summed E-state index contributed by atoms with van der Waals surface area (Å²) in [5, 5.41) is 9.40. The van der Waals surface area contributed by atoms with Crippen LogP contribution in [0.25, 0.3) is 22.3 Å². The Bertz CT molecular complexity index is 1830. The summed E-state index contributed by atoms with van der Waals surface area (Å²) in [6, 6.07) is 15.5. The number of hydrogen-bond donors (Lipinski definition) is 1. The second kappa shape index (κ2) is 13.2. The van der Waals surface area contributed by atoms with Crippen molar-refractivity contribution in [3.63, 3.8) is 0 Å². The van der Waals surface area contributed by atoms with Crippen LogP contribution in [0.5, 0.6) is 5.88 Å². The topological polar surface area (TPSA) is 86.5 Å². The molecule has 12 heteroatoms. The molecule has 0 fully saturated rings. The van der Waals surface area contributed by atoms with Crippen LogP contribution in [0.1, 0.15) is 32.9 Å². The lowest BCUT2D eigenvalue weighted by Crippen LogP contribution is -2.13. The Kier molecular flexibility index (Phi) is 9.19. The molecule has 3 aromatic carbocycles. The number of aromatic carboxylic acids is 1. The lowest BCUT2D eigenvalue weighted by atomic mass is 10.0. The van der Waals surface area contributed by atoms with Gasteiger partial charge in [0.1, 0.15) is 36.5 Å². The van der Waals surface area contributed by atoms with Crippen LogP contribution in [0.2, 0.25) is 0 Å². The van der Waals surface area contributed by atoms with Gasteiger partial charge >= 0.3 is 5.97 Å². The molecule has 0 radical (unpaired) electrons. The van der Waals surface area contributed by atoms with E-state index in [-0.39, 0.29) is 60.3 Å². The van der Waals surface area contributed by atoms with Gasteiger partial charge in [-0.15, -0.1) is 0 Å². The number of aryl methyl sites for hydroxylation is 1. The van der Waals surface area contributed by atoms with E-state index in [1.807, 2.05) is 0 Å². The minimum Gasteiger partial charge on any atom is -0.478 e. The van der Waals surface area contributed by atoms with Crippen LogP contribution in [0, 0.1) is 24.4 Å². The fourth-order valence-corrected chi connectivity index (χ4v) is 4.67. The average molecular weight is 612 g/mol. The SMILES string of the molecule is Cc1ccc(COc2cccc(-c3cc(F)c(Cc4nc5ccc(C(=O)O)cc5n4CCOCC(F)F)cc3F)n2)c(F)c1. The van der Waals surface area contributed by atoms with E-state index >= 15 is 8.78 Å². The van der Waals surface area contributed by atoms with Crippen molar-refractivity contribution in [2.24, 2.45) is 0 Å². The number of carboxylic acids is 1. The maximum atomic E-state index is 15.4. The van der Waals surface area contributed by atoms with Gasteiger partial charge in [0.05, 0.1) is 28.9 Å². The summed E-state index contributed by atoms with van der Waals surface area (Å²) in [7, 11) is 0. The van der Waals surface area contributed by atoms with Crippen molar-refractivity contribution in [3.8, 4) is 17.1 Å². The van der Waals surface area contributed by atoms with Gasteiger partial charge < -0.3 is 19.1 Å². The van der Waals surface area contributed by atoms with Crippen LogP contribution < -0.4 is 4.74 Å². The summed E-state index contributed by atoms with van der Waals surface area (Å²) >= 11 is 0. The summed E-state index contributed by atoms with van der Waals surface area (Å²) in [4.78, 5) is 20.2. The van der Waals surface area contributed by atoms with Crippen molar-refractivity contribution in [2.75, 3.05) is 13.2 Å². The zero-order valence-corrected chi connectivity index (χ0v) is 23.4. The second-order valence-electron chi connectivity index (χ2n) is 10.00. The fraction of sp³-hybridized carbons (Fsp3) is 0.219. The number of halogens is 5. The second-order valence-corrected chi connectivity index (χ2v) is 10.00. The molecule has 0 atom stereocenters. The smallest absolute Gasteiger partial charge is 0.335 e. The highest BCUT2D eigenvalue weighted by molar-refractivity contribution is 5.92. The van der Waals surface area contributed by atoms with Crippen LogP contribution in [0.15, 0.2) is 66.7 Å². The number of alkyl halides is 2. The van der Waals surface area contributed by atoms with Crippen molar-refractivity contribution in [1.82, 2.24) is 14.5 Å². The van der Waals surface area contributed by atoms with Crippen molar-refractivity contribution < 1.29 is 41.3 Å². The van der Waals surface area contributed by atoms with Gasteiger partial charge in [0, 0.05) is 30.2 Å². The molecule has 5 rings (SSSR count). The first-order valence-corrected chi connectivity index (χ1v) is 13.5. The Labute approximate surface area is 248 Å². The Morgan fingerprint density at radius 1 is 0.932 bits per heavy atom. The van der Waals surface area contributed by atoms with E-state index in [9.17, 15) is 23.1 Å². The number of pyridine rings is 1. The largest absolute Gasteiger partial charge is 0.478 e. The Balaban J connectivity index is 1.40. The molecule has 7 nitrogen and oxygen atoms in total. The van der Waals surface area contributed by atoms with Gasteiger partial charge in [0.2, 0.25) is 5.88 Å². The zero-order chi connectivity index (χ0) is 31.4. The number of nitrogens with zero attached hydrogens (tertiary/aromatic N) is 3. The molecule has 0 aliphatic heterocycles. The van der Waals surface area contributed by atoms with Crippen molar-refractivity contribution >= 4 is 17.0 Å². The molecule has 0 amide bonds. The molecule has 0 saturated heterocycles. The van der Waals surface area contributed by atoms with Gasteiger partial charge in [0.25, 0.3) is 6.43 Å². The lowest BCUT2D eigenvalue weighted by Gasteiger charge is -2.12. The normalized spacial score (nSPS) is 11.4. The van der Waals surface area contributed by atoms with Gasteiger partial charge in [-0.2, -0.15) is 0 Å². The fourth-order valence-electron chi connectivity index (χ4n) is 4.67. The molecule has 2 aromatic heterocycles. The maximum absolute atomic E-state index is 15.4. The standard InChI is InChI=1S/C32H26F5N3O4/c1-18-5-6-20(23(33)11-18)16-44-31-4-2-3-26(39-31)22-15-24(34)21(12-25(22)35)14-30-38-27-8-7-19(32(41)42)13-28(27)40(30)9-10-43-17-29(36)37/h2-8,11-13,15,29H,9-10,14,16-17H2,1H3,(H,41,42). The van der Waals surface area contributed by atoms with Crippen LogP contribution in [0.4, 0.5) is 22.0 Å². The first-order valence-electron chi connectivity index (χ1n) is 13.5. The number of hydrogen-bond acceptors (Lipinski definition) is 5. The highest BCUT2D eigenvalue weighted by Gasteiger charge is 2.19. The van der Waals surface area contributed by atoms with E-state index in [1.165, 1.54) is 41.0 Å². The number of imidazole rings is 1. The average Bonchev–Trinajstić information content (AvgIpc) is 3.32. The molecule has 0 spiro atoms. The molecule has 2 heterocycles. The third kappa shape index (κ3) is 7.03. The molecule has 228 valence electrons. The number of aromatic nitrogens is 3. The van der Waals surface area contributed by atoms with Gasteiger partial charge in [-0.05, 0) is 60.5 Å². The molecular weight excluding hydrogens is 585 g/mol.